The number of thiocarbonyl (C=S) groups is 1. The van der Waals surface area contributed by atoms with E-state index in [-0.39, 0.29) is 0 Å². The van der Waals surface area contributed by atoms with Gasteiger partial charge in [0, 0.05) is 19.5 Å². The second-order valence-corrected chi connectivity index (χ2v) is 6.77. The summed E-state index contributed by atoms with van der Waals surface area (Å²) in [6.07, 6.45) is 0.479. The van der Waals surface area contributed by atoms with Gasteiger partial charge < -0.3 is 10.5 Å². The van der Waals surface area contributed by atoms with Crippen molar-refractivity contribution in [1.29, 1.82) is 0 Å². The van der Waals surface area contributed by atoms with Gasteiger partial charge in [-0.3, -0.25) is 0 Å². The van der Waals surface area contributed by atoms with Gasteiger partial charge >= 0.3 is 0 Å². The average Bonchev–Trinajstić information content (AvgIpc) is 2.40. The van der Waals surface area contributed by atoms with Crippen LogP contribution in [0, 0.1) is 0 Å². The van der Waals surface area contributed by atoms with Crippen LogP contribution < -0.4 is 5.73 Å². The lowest BCUT2D eigenvalue weighted by Gasteiger charge is -2.26. The third-order valence-corrected chi connectivity index (χ3v) is 4.97. The number of hydrogen-bond acceptors (Lipinski definition) is 4. The van der Waals surface area contributed by atoms with Crippen LogP contribution in [-0.2, 0) is 21.2 Å². The van der Waals surface area contributed by atoms with Crippen LogP contribution >= 0.6 is 12.2 Å². The van der Waals surface area contributed by atoms with Gasteiger partial charge in [-0.1, -0.05) is 24.4 Å². The molecule has 0 radical (unpaired) electrons. The molecule has 1 saturated heterocycles. The summed E-state index contributed by atoms with van der Waals surface area (Å²) in [5.41, 5.74) is 6.37. The summed E-state index contributed by atoms with van der Waals surface area (Å²) in [4.78, 5) is 0.685. The summed E-state index contributed by atoms with van der Waals surface area (Å²) in [6.45, 7) is 1.69. The van der Waals surface area contributed by atoms with Crippen molar-refractivity contribution < 1.29 is 13.2 Å². The molecule has 2 rings (SSSR count). The summed E-state index contributed by atoms with van der Waals surface area (Å²) in [5.74, 6) is 0. The molecule has 5 nitrogen and oxygen atoms in total. The maximum Gasteiger partial charge on any atom is 0.243 e. The normalized spacial score (nSPS) is 17.3. The fourth-order valence-corrected chi connectivity index (χ4v) is 3.49. The zero-order valence-electron chi connectivity index (χ0n) is 10.4. The molecule has 0 aromatic heterocycles. The van der Waals surface area contributed by atoms with Gasteiger partial charge in [0.05, 0.1) is 23.1 Å². The number of morpholine rings is 1. The van der Waals surface area contributed by atoms with Crippen LogP contribution in [-0.4, -0.2) is 44.0 Å². The highest BCUT2D eigenvalue weighted by molar-refractivity contribution is 7.89. The fraction of sp³-hybridized carbons (Fsp3) is 0.417. The topological polar surface area (TPSA) is 72.6 Å². The molecule has 0 atom stereocenters. The van der Waals surface area contributed by atoms with Gasteiger partial charge in [-0.15, -0.1) is 0 Å². The Morgan fingerprint density at radius 2 is 1.84 bits per heavy atom. The van der Waals surface area contributed by atoms with Gasteiger partial charge in [0.1, 0.15) is 0 Å². The zero-order chi connectivity index (χ0) is 13.9. The van der Waals surface area contributed by atoms with E-state index in [1.54, 1.807) is 24.3 Å². The van der Waals surface area contributed by atoms with Crippen molar-refractivity contribution in [2.45, 2.75) is 11.3 Å². The van der Waals surface area contributed by atoms with Gasteiger partial charge in [-0.25, -0.2) is 8.42 Å². The Labute approximate surface area is 118 Å². The number of sulfonamides is 1. The predicted octanol–water partition coefficient (Wildman–Crippen LogP) is 0.536. The maximum atomic E-state index is 12.3. The molecule has 1 aliphatic rings. The molecule has 7 heteroatoms. The van der Waals surface area contributed by atoms with Crippen molar-refractivity contribution >= 4 is 27.2 Å². The molecular weight excluding hydrogens is 284 g/mol. The first kappa shape index (κ1) is 14.4. The molecule has 0 spiro atoms. The SMILES string of the molecule is NC(=S)Cc1ccc(S(=O)(=O)N2CCOCC2)cc1. The Balaban J connectivity index is 2.18. The summed E-state index contributed by atoms with van der Waals surface area (Å²) in [7, 11) is -3.42. The van der Waals surface area contributed by atoms with E-state index >= 15 is 0 Å². The zero-order valence-corrected chi connectivity index (χ0v) is 12.0. The van der Waals surface area contributed by atoms with E-state index < -0.39 is 10.0 Å². The van der Waals surface area contributed by atoms with Crippen molar-refractivity contribution in [3.05, 3.63) is 29.8 Å². The van der Waals surface area contributed by atoms with Crippen LogP contribution in [0.4, 0.5) is 0 Å². The molecule has 2 N–H and O–H groups in total. The van der Waals surface area contributed by atoms with E-state index in [2.05, 4.69) is 0 Å². The van der Waals surface area contributed by atoms with E-state index in [0.717, 1.165) is 5.56 Å². The predicted molar refractivity (Wildman–Crippen MR) is 76.5 cm³/mol. The molecule has 0 unspecified atom stereocenters. The lowest BCUT2D eigenvalue weighted by molar-refractivity contribution is 0.0730. The van der Waals surface area contributed by atoms with Crippen LogP contribution in [0.5, 0.6) is 0 Å². The van der Waals surface area contributed by atoms with Crippen molar-refractivity contribution in [2.75, 3.05) is 26.3 Å². The Morgan fingerprint density at radius 1 is 1.26 bits per heavy atom. The van der Waals surface area contributed by atoms with Crippen molar-refractivity contribution in [3.63, 3.8) is 0 Å². The lowest BCUT2D eigenvalue weighted by atomic mass is 10.1. The number of nitrogens with two attached hydrogens (primary N) is 1. The molecule has 104 valence electrons. The molecule has 0 bridgehead atoms. The minimum Gasteiger partial charge on any atom is -0.393 e. The largest absolute Gasteiger partial charge is 0.393 e. The standard InChI is InChI=1S/C12H16N2O3S2/c13-12(18)9-10-1-3-11(4-2-10)19(15,16)14-5-7-17-8-6-14/h1-4H,5-9H2,(H2,13,18). The highest BCUT2D eigenvalue weighted by Crippen LogP contribution is 2.17. The molecule has 0 saturated carbocycles. The van der Waals surface area contributed by atoms with E-state index in [0.29, 0.717) is 42.6 Å². The minimum absolute atomic E-state index is 0.293. The van der Waals surface area contributed by atoms with Crippen molar-refractivity contribution in [3.8, 4) is 0 Å². The van der Waals surface area contributed by atoms with Crippen LogP contribution in [0.1, 0.15) is 5.56 Å². The maximum absolute atomic E-state index is 12.3. The summed E-state index contributed by atoms with van der Waals surface area (Å²) < 4.78 is 31.3. The quantitative estimate of drug-likeness (QED) is 0.822. The molecule has 0 aliphatic carbocycles. The highest BCUT2D eigenvalue weighted by Gasteiger charge is 2.25. The fourth-order valence-electron chi connectivity index (χ4n) is 1.92. The third-order valence-electron chi connectivity index (χ3n) is 2.91. The molecule has 19 heavy (non-hydrogen) atoms. The van der Waals surface area contributed by atoms with Crippen LogP contribution in [0.2, 0.25) is 0 Å². The summed E-state index contributed by atoms with van der Waals surface area (Å²) >= 11 is 4.82. The number of hydrogen-bond donors (Lipinski definition) is 1. The summed E-state index contributed by atoms with van der Waals surface area (Å²) in [6, 6.07) is 6.68. The molecule has 1 aromatic carbocycles. The first-order chi connectivity index (χ1) is 9.00. The number of ether oxygens (including phenoxy) is 1. The summed E-state index contributed by atoms with van der Waals surface area (Å²) in [5, 5.41) is 0. The molecular formula is C12H16N2O3S2. The molecule has 1 heterocycles. The minimum atomic E-state index is -3.42. The van der Waals surface area contributed by atoms with Gasteiger partial charge in [-0.05, 0) is 17.7 Å². The van der Waals surface area contributed by atoms with E-state index in [4.69, 9.17) is 22.7 Å². The van der Waals surface area contributed by atoms with Gasteiger partial charge in [-0.2, -0.15) is 4.31 Å². The number of benzene rings is 1. The monoisotopic (exact) mass is 300 g/mol. The van der Waals surface area contributed by atoms with Gasteiger partial charge in [0.25, 0.3) is 0 Å². The van der Waals surface area contributed by atoms with E-state index in [1.807, 2.05) is 0 Å². The van der Waals surface area contributed by atoms with E-state index in [9.17, 15) is 8.42 Å². The molecule has 1 aliphatic heterocycles. The molecule has 1 aromatic rings. The first-order valence-electron chi connectivity index (χ1n) is 5.95. The van der Waals surface area contributed by atoms with E-state index in [1.165, 1.54) is 4.31 Å². The Hall–Kier alpha value is -1.02. The third kappa shape index (κ3) is 3.50. The smallest absolute Gasteiger partial charge is 0.243 e. The Bertz CT molecular complexity index is 549. The highest BCUT2D eigenvalue weighted by atomic mass is 32.2. The van der Waals surface area contributed by atoms with Crippen LogP contribution in [0.25, 0.3) is 0 Å². The first-order valence-corrected chi connectivity index (χ1v) is 7.80. The van der Waals surface area contributed by atoms with Crippen molar-refractivity contribution in [2.24, 2.45) is 5.73 Å². The van der Waals surface area contributed by atoms with Crippen LogP contribution in [0.15, 0.2) is 29.2 Å². The Kier molecular flexibility index (Phi) is 4.51. The lowest BCUT2D eigenvalue weighted by Crippen LogP contribution is -2.40. The average molecular weight is 300 g/mol. The second-order valence-electron chi connectivity index (χ2n) is 4.30. The second kappa shape index (κ2) is 5.96. The van der Waals surface area contributed by atoms with Crippen molar-refractivity contribution in [1.82, 2.24) is 4.31 Å². The number of rotatable bonds is 4. The Morgan fingerprint density at radius 3 is 2.37 bits per heavy atom. The van der Waals surface area contributed by atoms with Gasteiger partial charge in [0.2, 0.25) is 10.0 Å². The molecule has 1 fully saturated rings. The molecule has 0 amide bonds. The van der Waals surface area contributed by atoms with Crippen LogP contribution in [0.3, 0.4) is 0 Å². The van der Waals surface area contributed by atoms with Gasteiger partial charge in [0.15, 0.2) is 0 Å². The number of nitrogens with zero attached hydrogens (tertiary/aromatic N) is 1.